The lowest BCUT2D eigenvalue weighted by Crippen LogP contribution is -2.37. The Morgan fingerprint density at radius 2 is 1.77 bits per heavy atom. The second-order valence-corrected chi connectivity index (χ2v) is 5.95. The molecule has 3 N–H and O–H groups in total. The van der Waals surface area contributed by atoms with Gasteiger partial charge < -0.3 is 10.8 Å². The normalized spacial score (nSPS) is 41.3. The summed E-state index contributed by atoms with van der Waals surface area (Å²) in [5.41, 5.74) is 6.25. The van der Waals surface area contributed by atoms with E-state index in [1.165, 1.54) is 0 Å². The number of rotatable bonds is 3. The molecule has 2 aliphatic rings. The zero-order valence-corrected chi connectivity index (χ0v) is 8.93. The fourth-order valence-corrected chi connectivity index (χ4v) is 2.77. The molecular formula is C11H21NO. The maximum atomic E-state index is 10.3. The summed E-state index contributed by atoms with van der Waals surface area (Å²) in [4.78, 5) is 0. The van der Waals surface area contributed by atoms with Gasteiger partial charge in [-0.25, -0.2) is 0 Å². The van der Waals surface area contributed by atoms with Gasteiger partial charge in [-0.15, -0.1) is 0 Å². The van der Waals surface area contributed by atoms with Crippen LogP contribution in [0, 0.1) is 16.2 Å². The Kier molecular flexibility index (Phi) is 1.67. The molecule has 0 saturated heterocycles. The van der Waals surface area contributed by atoms with Gasteiger partial charge in [-0.1, -0.05) is 20.8 Å². The lowest BCUT2D eigenvalue weighted by atomic mass is 9.82. The summed E-state index contributed by atoms with van der Waals surface area (Å²) in [5.74, 6) is 0. The van der Waals surface area contributed by atoms with E-state index in [0.717, 1.165) is 19.3 Å². The molecule has 2 aliphatic carbocycles. The molecule has 0 aliphatic heterocycles. The van der Waals surface area contributed by atoms with E-state index >= 15 is 0 Å². The highest BCUT2D eigenvalue weighted by Gasteiger charge is 2.67. The van der Waals surface area contributed by atoms with E-state index in [9.17, 15) is 5.11 Å². The van der Waals surface area contributed by atoms with Crippen molar-refractivity contribution in [3.8, 4) is 0 Å². The van der Waals surface area contributed by atoms with Gasteiger partial charge in [0.1, 0.15) is 0 Å². The molecule has 13 heavy (non-hydrogen) atoms. The van der Waals surface area contributed by atoms with E-state index in [0.29, 0.717) is 12.0 Å². The number of hydrogen-bond acceptors (Lipinski definition) is 2. The zero-order valence-electron chi connectivity index (χ0n) is 8.93. The minimum atomic E-state index is -0.181. The van der Waals surface area contributed by atoms with Crippen LogP contribution in [0.4, 0.5) is 0 Å². The smallest absolute Gasteiger partial charge is 0.0667 e. The second kappa shape index (κ2) is 2.29. The summed E-state index contributed by atoms with van der Waals surface area (Å²) in [6, 6.07) is 0. The summed E-state index contributed by atoms with van der Waals surface area (Å²) >= 11 is 0. The van der Waals surface area contributed by atoms with Crippen LogP contribution in [0.5, 0.6) is 0 Å². The Hall–Kier alpha value is -0.0800. The van der Waals surface area contributed by atoms with E-state index < -0.39 is 0 Å². The fraction of sp³-hybridized carbons (Fsp3) is 1.00. The molecule has 0 spiro atoms. The molecule has 2 fully saturated rings. The Morgan fingerprint density at radius 1 is 1.31 bits per heavy atom. The molecule has 2 rings (SSSR count). The predicted octanol–water partition coefficient (Wildman–Crippen LogP) is 1.52. The first-order valence-corrected chi connectivity index (χ1v) is 5.26. The van der Waals surface area contributed by atoms with Gasteiger partial charge in [0.2, 0.25) is 0 Å². The molecule has 2 saturated carbocycles. The Bertz CT molecular complexity index is 232. The minimum absolute atomic E-state index is 0.0858. The highest BCUT2D eigenvalue weighted by Crippen LogP contribution is 2.70. The molecule has 2 heteroatoms. The van der Waals surface area contributed by atoms with Crippen molar-refractivity contribution in [2.45, 2.75) is 46.1 Å². The topological polar surface area (TPSA) is 46.2 Å². The van der Waals surface area contributed by atoms with Crippen LogP contribution in [-0.2, 0) is 0 Å². The van der Waals surface area contributed by atoms with Gasteiger partial charge in [-0.05, 0) is 30.1 Å². The van der Waals surface area contributed by atoms with Crippen molar-refractivity contribution >= 4 is 0 Å². The van der Waals surface area contributed by atoms with E-state index in [1.54, 1.807) is 0 Å². The SMILES string of the molecule is CC1(C)CC1(C)C(O)C1(CN)CC1. The molecule has 2 atom stereocenters. The van der Waals surface area contributed by atoms with E-state index in [4.69, 9.17) is 5.73 Å². The molecule has 0 aromatic heterocycles. The Morgan fingerprint density at radius 3 is 2.00 bits per heavy atom. The minimum Gasteiger partial charge on any atom is -0.392 e. The van der Waals surface area contributed by atoms with Crippen molar-refractivity contribution in [2.75, 3.05) is 6.54 Å². The number of aliphatic hydroxyl groups is 1. The second-order valence-electron chi connectivity index (χ2n) is 5.95. The molecular weight excluding hydrogens is 162 g/mol. The van der Waals surface area contributed by atoms with Crippen LogP contribution in [-0.4, -0.2) is 17.8 Å². The van der Waals surface area contributed by atoms with Gasteiger partial charge in [-0.2, -0.15) is 0 Å². The van der Waals surface area contributed by atoms with Crippen molar-refractivity contribution in [2.24, 2.45) is 22.0 Å². The largest absolute Gasteiger partial charge is 0.392 e. The van der Waals surface area contributed by atoms with Crippen LogP contribution >= 0.6 is 0 Å². The number of hydrogen-bond donors (Lipinski definition) is 2. The number of aliphatic hydroxyl groups excluding tert-OH is 1. The van der Waals surface area contributed by atoms with Gasteiger partial charge in [0, 0.05) is 12.0 Å². The number of nitrogens with two attached hydrogens (primary N) is 1. The van der Waals surface area contributed by atoms with Crippen LogP contribution in [0.15, 0.2) is 0 Å². The summed E-state index contributed by atoms with van der Waals surface area (Å²) in [6.07, 6.45) is 3.20. The van der Waals surface area contributed by atoms with Crippen molar-refractivity contribution in [3.63, 3.8) is 0 Å². The van der Waals surface area contributed by atoms with Gasteiger partial charge in [0.25, 0.3) is 0 Å². The average Bonchev–Trinajstić information content (AvgIpc) is 2.89. The first kappa shape index (κ1) is 9.47. The van der Waals surface area contributed by atoms with E-state index in [-0.39, 0.29) is 16.9 Å². The van der Waals surface area contributed by atoms with Gasteiger partial charge in [0.15, 0.2) is 0 Å². The lowest BCUT2D eigenvalue weighted by Gasteiger charge is -2.29. The van der Waals surface area contributed by atoms with Crippen LogP contribution in [0.25, 0.3) is 0 Å². The molecule has 0 heterocycles. The third-order valence-corrected chi connectivity index (χ3v) is 4.71. The molecule has 0 bridgehead atoms. The molecule has 2 unspecified atom stereocenters. The van der Waals surface area contributed by atoms with E-state index in [2.05, 4.69) is 20.8 Å². The van der Waals surface area contributed by atoms with Crippen molar-refractivity contribution < 1.29 is 5.11 Å². The highest BCUT2D eigenvalue weighted by molar-refractivity contribution is 5.17. The molecule has 0 radical (unpaired) electrons. The van der Waals surface area contributed by atoms with Crippen molar-refractivity contribution in [1.29, 1.82) is 0 Å². The summed E-state index contributed by atoms with van der Waals surface area (Å²) < 4.78 is 0. The quantitative estimate of drug-likeness (QED) is 0.697. The molecule has 0 aromatic rings. The summed E-state index contributed by atoms with van der Waals surface area (Å²) in [6.45, 7) is 7.33. The first-order chi connectivity index (χ1) is 5.88. The first-order valence-electron chi connectivity index (χ1n) is 5.26. The third-order valence-electron chi connectivity index (χ3n) is 4.71. The molecule has 0 aromatic carbocycles. The maximum Gasteiger partial charge on any atom is 0.0667 e. The van der Waals surface area contributed by atoms with Crippen LogP contribution in [0.2, 0.25) is 0 Å². The third kappa shape index (κ3) is 1.08. The van der Waals surface area contributed by atoms with E-state index in [1.807, 2.05) is 0 Å². The predicted molar refractivity (Wildman–Crippen MR) is 53.2 cm³/mol. The van der Waals surface area contributed by atoms with Gasteiger partial charge >= 0.3 is 0 Å². The summed E-state index contributed by atoms with van der Waals surface area (Å²) in [5, 5.41) is 10.3. The zero-order chi connectivity index (χ0) is 9.91. The van der Waals surface area contributed by atoms with Gasteiger partial charge in [0.05, 0.1) is 6.10 Å². The van der Waals surface area contributed by atoms with Crippen LogP contribution in [0.1, 0.15) is 40.0 Å². The Balaban J connectivity index is 2.11. The highest BCUT2D eigenvalue weighted by atomic mass is 16.3. The maximum absolute atomic E-state index is 10.3. The average molecular weight is 183 g/mol. The standard InChI is InChI=1S/C11H21NO/c1-9(2)6-10(9,3)8(13)11(7-12)4-5-11/h8,13H,4-7,12H2,1-3H3. The van der Waals surface area contributed by atoms with Crippen molar-refractivity contribution in [3.05, 3.63) is 0 Å². The monoisotopic (exact) mass is 183 g/mol. The fourth-order valence-electron chi connectivity index (χ4n) is 2.77. The summed E-state index contributed by atoms with van der Waals surface area (Å²) in [7, 11) is 0. The van der Waals surface area contributed by atoms with Crippen LogP contribution in [0.3, 0.4) is 0 Å². The van der Waals surface area contributed by atoms with Crippen molar-refractivity contribution in [1.82, 2.24) is 0 Å². The lowest BCUT2D eigenvalue weighted by molar-refractivity contribution is 0.0188. The molecule has 0 amide bonds. The Labute approximate surface area is 80.5 Å². The molecule has 2 nitrogen and oxygen atoms in total. The van der Waals surface area contributed by atoms with Crippen LogP contribution < -0.4 is 5.73 Å². The molecule has 76 valence electrons. The van der Waals surface area contributed by atoms with Gasteiger partial charge in [-0.3, -0.25) is 0 Å².